The first-order valence-electron chi connectivity index (χ1n) is 5.52. The summed E-state index contributed by atoms with van der Waals surface area (Å²) in [6.07, 6.45) is 2.53. The molecule has 5 heteroatoms. The SMILES string of the molecule is CCc1cn[nH]c1NC(=O)c1cc(C)oc1C. The number of aromatic nitrogens is 2. The minimum atomic E-state index is -0.182. The molecule has 90 valence electrons. The third kappa shape index (κ3) is 2.22. The van der Waals surface area contributed by atoms with Gasteiger partial charge in [-0.1, -0.05) is 6.92 Å². The van der Waals surface area contributed by atoms with E-state index in [1.807, 2.05) is 13.8 Å². The van der Waals surface area contributed by atoms with Crippen molar-refractivity contribution >= 4 is 11.7 Å². The topological polar surface area (TPSA) is 70.9 Å². The highest BCUT2D eigenvalue weighted by atomic mass is 16.3. The van der Waals surface area contributed by atoms with E-state index in [9.17, 15) is 4.79 Å². The minimum absolute atomic E-state index is 0.182. The van der Waals surface area contributed by atoms with Crippen molar-refractivity contribution in [2.24, 2.45) is 0 Å². The molecule has 2 N–H and O–H groups in total. The van der Waals surface area contributed by atoms with Gasteiger partial charge in [0.1, 0.15) is 17.3 Å². The van der Waals surface area contributed by atoms with Gasteiger partial charge in [0.2, 0.25) is 0 Å². The van der Waals surface area contributed by atoms with Crippen molar-refractivity contribution in [3.63, 3.8) is 0 Å². The van der Waals surface area contributed by atoms with E-state index < -0.39 is 0 Å². The Bertz CT molecular complexity index is 540. The van der Waals surface area contributed by atoms with Crippen LogP contribution < -0.4 is 5.32 Å². The predicted molar refractivity (Wildman–Crippen MR) is 64.1 cm³/mol. The number of H-pyrrole nitrogens is 1. The molecule has 0 radical (unpaired) electrons. The molecule has 0 unspecified atom stereocenters. The fraction of sp³-hybridized carbons (Fsp3) is 0.333. The summed E-state index contributed by atoms with van der Waals surface area (Å²) in [7, 11) is 0. The number of hydrogen-bond donors (Lipinski definition) is 2. The fourth-order valence-electron chi connectivity index (χ4n) is 1.72. The standard InChI is InChI=1S/C12H15N3O2/c1-4-9-6-13-15-11(9)14-12(16)10-5-7(2)17-8(10)3/h5-6H,4H2,1-3H3,(H2,13,14,15,16). The second-order valence-electron chi connectivity index (χ2n) is 3.90. The number of aryl methyl sites for hydroxylation is 3. The molecular formula is C12H15N3O2. The third-order valence-electron chi connectivity index (χ3n) is 2.62. The van der Waals surface area contributed by atoms with Crippen LogP contribution in [0.15, 0.2) is 16.7 Å². The first-order chi connectivity index (χ1) is 8.11. The van der Waals surface area contributed by atoms with Crippen LogP contribution in [0.2, 0.25) is 0 Å². The zero-order valence-electron chi connectivity index (χ0n) is 10.1. The number of carbonyl (C=O) groups excluding carboxylic acids is 1. The second-order valence-corrected chi connectivity index (χ2v) is 3.90. The molecular weight excluding hydrogens is 218 g/mol. The van der Waals surface area contributed by atoms with Crippen LogP contribution in [-0.4, -0.2) is 16.1 Å². The Hall–Kier alpha value is -2.04. The lowest BCUT2D eigenvalue weighted by Gasteiger charge is -2.03. The van der Waals surface area contributed by atoms with Crippen molar-refractivity contribution in [1.82, 2.24) is 10.2 Å². The van der Waals surface area contributed by atoms with Crippen molar-refractivity contribution in [2.75, 3.05) is 5.32 Å². The highest BCUT2D eigenvalue weighted by Gasteiger charge is 2.15. The van der Waals surface area contributed by atoms with E-state index in [2.05, 4.69) is 15.5 Å². The van der Waals surface area contributed by atoms with E-state index in [0.717, 1.165) is 17.7 Å². The molecule has 2 heterocycles. The Morgan fingerprint density at radius 2 is 2.29 bits per heavy atom. The van der Waals surface area contributed by atoms with Gasteiger partial charge in [-0.3, -0.25) is 9.89 Å². The number of carbonyl (C=O) groups is 1. The maximum absolute atomic E-state index is 12.0. The number of anilines is 1. The molecule has 1 amide bonds. The van der Waals surface area contributed by atoms with Crippen LogP contribution in [0.5, 0.6) is 0 Å². The molecule has 0 fully saturated rings. The number of hydrogen-bond acceptors (Lipinski definition) is 3. The molecule has 0 saturated carbocycles. The number of nitrogens with one attached hydrogen (secondary N) is 2. The van der Waals surface area contributed by atoms with Crippen molar-refractivity contribution in [1.29, 1.82) is 0 Å². The normalized spacial score (nSPS) is 10.5. The van der Waals surface area contributed by atoms with E-state index in [0.29, 0.717) is 17.1 Å². The number of furan rings is 1. The molecule has 0 aromatic carbocycles. The Labute approximate surface area is 99.2 Å². The van der Waals surface area contributed by atoms with Crippen LogP contribution in [-0.2, 0) is 6.42 Å². The molecule has 0 spiro atoms. The van der Waals surface area contributed by atoms with Crippen LogP contribution in [0.1, 0.15) is 34.4 Å². The molecule has 5 nitrogen and oxygen atoms in total. The van der Waals surface area contributed by atoms with Gasteiger partial charge in [-0.05, 0) is 26.3 Å². The monoisotopic (exact) mass is 233 g/mol. The average Bonchev–Trinajstić information content (AvgIpc) is 2.84. The van der Waals surface area contributed by atoms with Crippen LogP contribution >= 0.6 is 0 Å². The molecule has 0 bridgehead atoms. The smallest absolute Gasteiger partial charge is 0.260 e. The quantitative estimate of drug-likeness (QED) is 0.855. The third-order valence-corrected chi connectivity index (χ3v) is 2.62. The molecule has 2 aromatic heterocycles. The van der Waals surface area contributed by atoms with Gasteiger partial charge in [-0.25, -0.2) is 0 Å². The summed E-state index contributed by atoms with van der Waals surface area (Å²) in [5.41, 5.74) is 1.54. The van der Waals surface area contributed by atoms with Gasteiger partial charge >= 0.3 is 0 Å². The van der Waals surface area contributed by atoms with Crippen molar-refractivity contribution < 1.29 is 9.21 Å². The summed E-state index contributed by atoms with van der Waals surface area (Å²) in [5.74, 6) is 1.82. The zero-order valence-corrected chi connectivity index (χ0v) is 10.1. The van der Waals surface area contributed by atoms with Crippen LogP contribution in [0.25, 0.3) is 0 Å². The Kier molecular flexibility index (Phi) is 2.99. The zero-order chi connectivity index (χ0) is 12.4. The summed E-state index contributed by atoms with van der Waals surface area (Å²) in [5, 5.41) is 9.47. The summed E-state index contributed by atoms with van der Waals surface area (Å²) in [6.45, 7) is 5.60. The highest BCUT2D eigenvalue weighted by Crippen LogP contribution is 2.17. The predicted octanol–water partition coefficient (Wildman–Crippen LogP) is 2.43. The molecule has 17 heavy (non-hydrogen) atoms. The van der Waals surface area contributed by atoms with E-state index in [-0.39, 0.29) is 5.91 Å². The summed E-state index contributed by atoms with van der Waals surface area (Å²) in [6, 6.07) is 1.73. The van der Waals surface area contributed by atoms with Gasteiger partial charge < -0.3 is 9.73 Å². The van der Waals surface area contributed by atoms with E-state index >= 15 is 0 Å². The van der Waals surface area contributed by atoms with Crippen molar-refractivity contribution in [2.45, 2.75) is 27.2 Å². The molecule has 2 aromatic rings. The maximum atomic E-state index is 12.0. The van der Waals surface area contributed by atoms with E-state index in [1.54, 1.807) is 19.2 Å². The number of amides is 1. The summed E-state index contributed by atoms with van der Waals surface area (Å²) in [4.78, 5) is 12.0. The molecule has 0 aliphatic rings. The lowest BCUT2D eigenvalue weighted by Crippen LogP contribution is -2.13. The Morgan fingerprint density at radius 1 is 1.53 bits per heavy atom. The molecule has 0 atom stereocenters. The number of rotatable bonds is 3. The fourth-order valence-corrected chi connectivity index (χ4v) is 1.72. The number of nitrogens with zero attached hydrogens (tertiary/aromatic N) is 1. The first kappa shape index (κ1) is 11.4. The number of aromatic amines is 1. The molecule has 0 aliphatic heterocycles. The molecule has 0 aliphatic carbocycles. The van der Waals surface area contributed by atoms with Crippen molar-refractivity contribution in [3.8, 4) is 0 Å². The lowest BCUT2D eigenvalue weighted by atomic mass is 10.2. The van der Waals surface area contributed by atoms with Crippen LogP contribution in [0.3, 0.4) is 0 Å². The highest BCUT2D eigenvalue weighted by molar-refractivity contribution is 6.04. The summed E-state index contributed by atoms with van der Waals surface area (Å²) >= 11 is 0. The van der Waals surface area contributed by atoms with Gasteiger partial charge in [-0.15, -0.1) is 0 Å². The maximum Gasteiger partial charge on any atom is 0.260 e. The largest absolute Gasteiger partial charge is 0.466 e. The van der Waals surface area contributed by atoms with Crippen LogP contribution in [0.4, 0.5) is 5.82 Å². The van der Waals surface area contributed by atoms with Crippen LogP contribution in [0, 0.1) is 13.8 Å². The second kappa shape index (κ2) is 4.45. The lowest BCUT2D eigenvalue weighted by molar-refractivity contribution is 0.102. The van der Waals surface area contributed by atoms with Gasteiger partial charge in [0, 0.05) is 5.56 Å². The first-order valence-corrected chi connectivity index (χ1v) is 5.52. The van der Waals surface area contributed by atoms with Crippen molar-refractivity contribution in [3.05, 3.63) is 34.9 Å². The average molecular weight is 233 g/mol. The van der Waals surface area contributed by atoms with E-state index in [4.69, 9.17) is 4.42 Å². The minimum Gasteiger partial charge on any atom is -0.466 e. The van der Waals surface area contributed by atoms with Gasteiger partial charge in [0.25, 0.3) is 5.91 Å². The van der Waals surface area contributed by atoms with Gasteiger partial charge in [0.15, 0.2) is 0 Å². The Morgan fingerprint density at radius 3 is 2.88 bits per heavy atom. The van der Waals surface area contributed by atoms with Gasteiger partial charge in [-0.2, -0.15) is 5.10 Å². The van der Waals surface area contributed by atoms with Gasteiger partial charge in [0.05, 0.1) is 11.8 Å². The molecule has 0 saturated heterocycles. The van der Waals surface area contributed by atoms with E-state index in [1.165, 1.54) is 0 Å². The molecule has 2 rings (SSSR count). The summed E-state index contributed by atoms with van der Waals surface area (Å²) < 4.78 is 5.32. The Balaban J connectivity index is 2.20.